The first-order chi connectivity index (χ1) is 8.06. The van der Waals surface area contributed by atoms with Gasteiger partial charge in [0.2, 0.25) is 0 Å². The van der Waals surface area contributed by atoms with E-state index in [1.165, 1.54) is 26.4 Å². The monoisotopic (exact) mass is 240 g/mol. The lowest BCUT2D eigenvalue weighted by Gasteiger charge is -2.12. The van der Waals surface area contributed by atoms with Gasteiger partial charge >= 0.3 is 11.9 Å². The highest BCUT2D eigenvalue weighted by atomic mass is 16.5. The Morgan fingerprint density at radius 1 is 1.00 bits per heavy atom. The van der Waals surface area contributed by atoms with E-state index in [4.69, 9.17) is 14.6 Å². The van der Waals surface area contributed by atoms with Crippen LogP contribution in [0.5, 0.6) is 11.5 Å². The summed E-state index contributed by atoms with van der Waals surface area (Å²) < 4.78 is 14.4. The van der Waals surface area contributed by atoms with E-state index in [0.717, 1.165) is 7.11 Å². The molecule has 0 aliphatic heterocycles. The third kappa shape index (κ3) is 2.30. The van der Waals surface area contributed by atoms with Crippen LogP contribution >= 0.6 is 0 Å². The number of ether oxygens (including phenoxy) is 3. The van der Waals surface area contributed by atoms with Crippen molar-refractivity contribution in [2.45, 2.75) is 0 Å². The SMILES string of the molecule is COC(=O)c1c(OC)ccc(OC)c1C(=O)O. The number of carbonyl (C=O) groups is 2. The molecule has 0 heterocycles. The van der Waals surface area contributed by atoms with Crippen LogP contribution in [-0.4, -0.2) is 38.4 Å². The second-order valence-corrected chi connectivity index (χ2v) is 3.02. The van der Waals surface area contributed by atoms with Gasteiger partial charge in [-0.1, -0.05) is 0 Å². The van der Waals surface area contributed by atoms with Gasteiger partial charge in [-0.05, 0) is 12.1 Å². The van der Waals surface area contributed by atoms with Crippen molar-refractivity contribution < 1.29 is 28.9 Å². The quantitative estimate of drug-likeness (QED) is 0.796. The van der Waals surface area contributed by atoms with E-state index in [9.17, 15) is 9.59 Å². The summed E-state index contributed by atoms with van der Waals surface area (Å²) in [4.78, 5) is 22.7. The predicted molar refractivity (Wildman–Crippen MR) is 57.8 cm³/mol. The first-order valence-electron chi connectivity index (χ1n) is 4.63. The lowest BCUT2D eigenvalue weighted by molar-refractivity contribution is 0.0577. The average Bonchev–Trinajstić information content (AvgIpc) is 2.35. The highest BCUT2D eigenvalue weighted by molar-refractivity contribution is 6.06. The van der Waals surface area contributed by atoms with Crippen LogP contribution in [0.4, 0.5) is 0 Å². The summed E-state index contributed by atoms with van der Waals surface area (Å²) in [6.07, 6.45) is 0. The molecule has 92 valence electrons. The van der Waals surface area contributed by atoms with Gasteiger partial charge in [0.15, 0.2) is 0 Å². The molecular weight excluding hydrogens is 228 g/mol. The van der Waals surface area contributed by atoms with Crippen LogP contribution in [0.2, 0.25) is 0 Å². The molecule has 0 saturated carbocycles. The minimum atomic E-state index is -1.29. The molecule has 0 spiro atoms. The number of aromatic carboxylic acids is 1. The van der Waals surface area contributed by atoms with Gasteiger partial charge < -0.3 is 19.3 Å². The van der Waals surface area contributed by atoms with Crippen molar-refractivity contribution >= 4 is 11.9 Å². The second-order valence-electron chi connectivity index (χ2n) is 3.02. The Morgan fingerprint density at radius 3 is 1.82 bits per heavy atom. The van der Waals surface area contributed by atoms with Crippen LogP contribution in [0.1, 0.15) is 20.7 Å². The fraction of sp³-hybridized carbons (Fsp3) is 0.273. The molecule has 1 aromatic carbocycles. The molecule has 1 N–H and O–H groups in total. The summed E-state index contributed by atoms with van der Waals surface area (Å²) in [5, 5.41) is 9.10. The van der Waals surface area contributed by atoms with Crippen molar-refractivity contribution in [1.82, 2.24) is 0 Å². The number of methoxy groups -OCH3 is 3. The average molecular weight is 240 g/mol. The van der Waals surface area contributed by atoms with E-state index >= 15 is 0 Å². The Hall–Kier alpha value is -2.24. The Bertz CT molecular complexity index is 452. The zero-order chi connectivity index (χ0) is 13.0. The molecule has 0 aromatic heterocycles. The summed E-state index contributed by atoms with van der Waals surface area (Å²) in [6.45, 7) is 0. The zero-order valence-corrected chi connectivity index (χ0v) is 9.64. The lowest BCUT2D eigenvalue weighted by Crippen LogP contribution is -2.13. The van der Waals surface area contributed by atoms with Crippen LogP contribution in [0.25, 0.3) is 0 Å². The van der Waals surface area contributed by atoms with Gasteiger partial charge in [-0.25, -0.2) is 9.59 Å². The molecule has 0 unspecified atom stereocenters. The Labute approximate surface area is 97.7 Å². The maximum atomic E-state index is 11.6. The molecule has 0 amide bonds. The number of hydrogen-bond acceptors (Lipinski definition) is 5. The van der Waals surface area contributed by atoms with Gasteiger partial charge in [0, 0.05) is 0 Å². The Balaban J connectivity index is 3.58. The minimum Gasteiger partial charge on any atom is -0.496 e. The van der Waals surface area contributed by atoms with Crippen LogP contribution in [0, 0.1) is 0 Å². The van der Waals surface area contributed by atoms with Gasteiger partial charge in [-0.3, -0.25) is 0 Å². The fourth-order valence-corrected chi connectivity index (χ4v) is 1.42. The van der Waals surface area contributed by atoms with Crippen LogP contribution in [-0.2, 0) is 4.74 Å². The van der Waals surface area contributed by atoms with Gasteiger partial charge in [0.05, 0.1) is 21.3 Å². The topological polar surface area (TPSA) is 82.1 Å². The first-order valence-corrected chi connectivity index (χ1v) is 4.63. The standard InChI is InChI=1S/C11H12O6/c1-15-6-4-5-7(16-2)9(11(14)17-3)8(6)10(12)13/h4-5H,1-3H3,(H,12,13). The number of rotatable bonds is 4. The van der Waals surface area contributed by atoms with Crippen molar-refractivity contribution in [3.8, 4) is 11.5 Å². The van der Waals surface area contributed by atoms with E-state index in [-0.39, 0.29) is 22.6 Å². The molecule has 0 bridgehead atoms. The van der Waals surface area contributed by atoms with E-state index in [1.807, 2.05) is 0 Å². The van der Waals surface area contributed by atoms with E-state index in [2.05, 4.69) is 4.74 Å². The number of esters is 1. The number of carbonyl (C=O) groups excluding carboxylic acids is 1. The molecule has 6 nitrogen and oxygen atoms in total. The predicted octanol–water partition coefficient (Wildman–Crippen LogP) is 1.19. The molecule has 0 aliphatic carbocycles. The van der Waals surface area contributed by atoms with Gasteiger partial charge in [0.1, 0.15) is 22.6 Å². The Kier molecular flexibility index (Phi) is 3.92. The summed E-state index contributed by atoms with van der Waals surface area (Å²) >= 11 is 0. The number of carboxylic acids is 1. The van der Waals surface area contributed by atoms with Crippen LogP contribution in [0.3, 0.4) is 0 Å². The molecule has 0 atom stereocenters. The highest BCUT2D eigenvalue weighted by Gasteiger charge is 2.26. The lowest BCUT2D eigenvalue weighted by atomic mass is 10.1. The molecule has 0 fully saturated rings. The van der Waals surface area contributed by atoms with Crippen molar-refractivity contribution in [2.75, 3.05) is 21.3 Å². The van der Waals surface area contributed by atoms with Crippen molar-refractivity contribution in [3.63, 3.8) is 0 Å². The molecular formula is C11H12O6. The van der Waals surface area contributed by atoms with E-state index in [1.54, 1.807) is 0 Å². The third-order valence-corrected chi connectivity index (χ3v) is 2.17. The molecule has 6 heteroatoms. The third-order valence-electron chi connectivity index (χ3n) is 2.17. The largest absolute Gasteiger partial charge is 0.496 e. The minimum absolute atomic E-state index is 0.0682. The van der Waals surface area contributed by atoms with E-state index < -0.39 is 11.9 Å². The number of carboxylic acid groups (broad SMARTS) is 1. The van der Waals surface area contributed by atoms with Crippen LogP contribution in [0.15, 0.2) is 12.1 Å². The summed E-state index contributed by atoms with van der Waals surface area (Å²) in [5.74, 6) is -1.90. The van der Waals surface area contributed by atoms with Gasteiger partial charge in [-0.15, -0.1) is 0 Å². The molecule has 1 aromatic rings. The number of hydrogen-bond donors (Lipinski definition) is 1. The summed E-state index contributed by atoms with van der Waals surface area (Å²) in [6, 6.07) is 2.85. The smallest absolute Gasteiger partial charge is 0.342 e. The normalized spacial score (nSPS) is 9.59. The van der Waals surface area contributed by atoms with Gasteiger partial charge in [0.25, 0.3) is 0 Å². The molecule has 0 saturated heterocycles. The van der Waals surface area contributed by atoms with Gasteiger partial charge in [-0.2, -0.15) is 0 Å². The fourth-order valence-electron chi connectivity index (χ4n) is 1.42. The maximum absolute atomic E-state index is 11.6. The number of benzene rings is 1. The van der Waals surface area contributed by atoms with Crippen molar-refractivity contribution in [3.05, 3.63) is 23.3 Å². The summed E-state index contributed by atoms with van der Waals surface area (Å²) in [5.41, 5.74) is -0.444. The Morgan fingerprint density at radius 2 is 1.47 bits per heavy atom. The molecule has 1 rings (SSSR count). The highest BCUT2D eigenvalue weighted by Crippen LogP contribution is 2.31. The molecule has 0 aliphatic rings. The van der Waals surface area contributed by atoms with Crippen molar-refractivity contribution in [1.29, 1.82) is 0 Å². The maximum Gasteiger partial charge on any atom is 0.342 e. The molecule has 17 heavy (non-hydrogen) atoms. The van der Waals surface area contributed by atoms with Crippen LogP contribution < -0.4 is 9.47 Å². The first kappa shape index (κ1) is 12.8. The van der Waals surface area contributed by atoms with Crippen molar-refractivity contribution in [2.24, 2.45) is 0 Å². The molecule has 0 radical (unpaired) electrons. The second kappa shape index (κ2) is 5.20. The zero-order valence-electron chi connectivity index (χ0n) is 9.64. The summed E-state index contributed by atoms with van der Waals surface area (Å²) in [7, 11) is 3.81. The van der Waals surface area contributed by atoms with E-state index in [0.29, 0.717) is 0 Å².